The SMILES string of the molecule is CCCCCC[C@H]1CC[C@H](C(=O)O[C@H]2CC[C@@](C#N)(CCCCC)CC2)CC1. The van der Waals surface area contributed by atoms with Crippen LogP contribution in [0.1, 0.15) is 123 Å². The number of nitrogens with zero attached hydrogens (tertiary/aromatic N) is 1. The second-order valence-corrected chi connectivity index (χ2v) is 9.55. The predicted octanol–water partition coefficient (Wildman–Crippen LogP) is 7.34. The third-order valence-corrected chi connectivity index (χ3v) is 7.31. The maximum atomic E-state index is 12.6. The molecule has 28 heavy (non-hydrogen) atoms. The minimum atomic E-state index is -0.159. The highest BCUT2D eigenvalue weighted by Gasteiger charge is 2.37. The van der Waals surface area contributed by atoms with E-state index in [0.717, 1.165) is 57.3 Å². The van der Waals surface area contributed by atoms with Gasteiger partial charge in [-0.3, -0.25) is 4.79 Å². The van der Waals surface area contributed by atoms with Gasteiger partial charge in [-0.15, -0.1) is 0 Å². The van der Waals surface area contributed by atoms with Crippen molar-refractivity contribution in [1.82, 2.24) is 0 Å². The molecule has 2 saturated carbocycles. The van der Waals surface area contributed by atoms with Crippen molar-refractivity contribution in [3.8, 4) is 6.07 Å². The van der Waals surface area contributed by atoms with Gasteiger partial charge in [-0.2, -0.15) is 5.26 Å². The Bertz CT molecular complexity index is 479. The van der Waals surface area contributed by atoms with Crippen LogP contribution in [0.25, 0.3) is 0 Å². The molecule has 0 N–H and O–H groups in total. The quantitative estimate of drug-likeness (QED) is 0.274. The third kappa shape index (κ3) is 7.41. The molecule has 0 aliphatic heterocycles. The number of nitriles is 1. The van der Waals surface area contributed by atoms with Crippen molar-refractivity contribution in [2.24, 2.45) is 17.3 Å². The Morgan fingerprint density at radius 2 is 1.57 bits per heavy atom. The maximum Gasteiger partial charge on any atom is 0.309 e. The third-order valence-electron chi connectivity index (χ3n) is 7.31. The fourth-order valence-electron chi connectivity index (χ4n) is 5.20. The van der Waals surface area contributed by atoms with E-state index in [1.54, 1.807) is 0 Å². The fraction of sp³-hybridized carbons (Fsp3) is 0.920. The molecule has 2 fully saturated rings. The van der Waals surface area contributed by atoms with Crippen LogP contribution in [0.3, 0.4) is 0 Å². The van der Waals surface area contributed by atoms with Crippen LogP contribution in [0.5, 0.6) is 0 Å². The van der Waals surface area contributed by atoms with E-state index < -0.39 is 0 Å². The summed E-state index contributed by atoms with van der Waals surface area (Å²) in [4.78, 5) is 12.6. The molecule has 0 bridgehead atoms. The standard InChI is InChI=1S/C25H43NO2/c1-3-5-7-8-10-21-11-13-22(14-12-21)24(27)28-23-15-18-25(20-26,19-16-23)17-9-6-4-2/h21-23H,3-19H2,1-2H3/t21-,22-,23-,25-. The number of carbonyl (C=O) groups is 1. The van der Waals surface area contributed by atoms with Crippen molar-refractivity contribution < 1.29 is 9.53 Å². The zero-order chi connectivity index (χ0) is 20.2. The molecule has 0 heterocycles. The molecule has 0 spiro atoms. The van der Waals surface area contributed by atoms with Gasteiger partial charge in [0.15, 0.2) is 0 Å². The molecule has 0 saturated heterocycles. The maximum absolute atomic E-state index is 12.6. The van der Waals surface area contributed by atoms with Crippen LogP contribution in [0.15, 0.2) is 0 Å². The van der Waals surface area contributed by atoms with Crippen molar-refractivity contribution in [2.75, 3.05) is 0 Å². The van der Waals surface area contributed by atoms with E-state index in [1.165, 1.54) is 57.8 Å². The minimum Gasteiger partial charge on any atom is -0.462 e. The average Bonchev–Trinajstić information content (AvgIpc) is 2.73. The normalized spacial score (nSPS) is 30.5. The second-order valence-electron chi connectivity index (χ2n) is 9.55. The van der Waals surface area contributed by atoms with Crippen molar-refractivity contribution in [1.29, 1.82) is 5.26 Å². The number of unbranched alkanes of at least 4 members (excludes halogenated alkanes) is 5. The Hall–Kier alpha value is -1.04. The van der Waals surface area contributed by atoms with Crippen LogP contribution in [-0.2, 0) is 9.53 Å². The lowest BCUT2D eigenvalue weighted by Gasteiger charge is -2.35. The zero-order valence-corrected chi connectivity index (χ0v) is 18.5. The Labute approximate surface area is 173 Å². The van der Waals surface area contributed by atoms with Gasteiger partial charge >= 0.3 is 5.97 Å². The van der Waals surface area contributed by atoms with Crippen molar-refractivity contribution in [3.63, 3.8) is 0 Å². The summed E-state index contributed by atoms with van der Waals surface area (Å²) in [5.74, 6) is 0.999. The average molecular weight is 390 g/mol. The summed E-state index contributed by atoms with van der Waals surface area (Å²) >= 11 is 0. The summed E-state index contributed by atoms with van der Waals surface area (Å²) in [6, 6.07) is 2.60. The first-order valence-corrected chi connectivity index (χ1v) is 12.2. The minimum absolute atomic E-state index is 0.0462. The van der Waals surface area contributed by atoms with Gasteiger partial charge < -0.3 is 4.74 Å². The Kier molecular flexibility index (Phi) is 10.4. The van der Waals surface area contributed by atoms with Crippen LogP contribution < -0.4 is 0 Å². The van der Waals surface area contributed by atoms with Crippen LogP contribution in [0.4, 0.5) is 0 Å². The summed E-state index contributed by atoms with van der Waals surface area (Å²) < 4.78 is 5.89. The van der Waals surface area contributed by atoms with Crippen LogP contribution in [-0.4, -0.2) is 12.1 Å². The van der Waals surface area contributed by atoms with Crippen molar-refractivity contribution >= 4 is 5.97 Å². The van der Waals surface area contributed by atoms with E-state index in [4.69, 9.17) is 4.74 Å². The summed E-state index contributed by atoms with van der Waals surface area (Å²) in [7, 11) is 0. The topological polar surface area (TPSA) is 50.1 Å². The van der Waals surface area contributed by atoms with E-state index in [1.807, 2.05) is 0 Å². The molecule has 0 amide bonds. The van der Waals surface area contributed by atoms with Crippen LogP contribution in [0.2, 0.25) is 0 Å². The molecule has 0 aromatic rings. The Morgan fingerprint density at radius 1 is 0.929 bits per heavy atom. The zero-order valence-electron chi connectivity index (χ0n) is 18.5. The lowest BCUT2D eigenvalue weighted by Crippen LogP contribution is -2.33. The molecule has 0 unspecified atom stereocenters. The van der Waals surface area contributed by atoms with Gasteiger partial charge in [-0.25, -0.2) is 0 Å². The lowest BCUT2D eigenvalue weighted by atomic mass is 9.71. The molecule has 2 aliphatic rings. The lowest BCUT2D eigenvalue weighted by molar-refractivity contribution is -0.158. The van der Waals surface area contributed by atoms with Gasteiger partial charge in [0.25, 0.3) is 0 Å². The summed E-state index contributed by atoms with van der Waals surface area (Å²) in [5.41, 5.74) is -0.159. The Morgan fingerprint density at radius 3 is 2.18 bits per heavy atom. The van der Waals surface area contributed by atoms with Gasteiger partial charge in [-0.1, -0.05) is 65.2 Å². The van der Waals surface area contributed by atoms with Crippen LogP contribution in [0, 0.1) is 28.6 Å². The number of carbonyl (C=O) groups excluding carboxylic acids is 1. The molecular formula is C25H43NO2. The van der Waals surface area contributed by atoms with Gasteiger partial charge in [0.05, 0.1) is 17.4 Å². The fourth-order valence-corrected chi connectivity index (χ4v) is 5.20. The summed E-state index contributed by atoms with van der Waals surface area (Å²) in [6.07, 6.45) is 19.3. The number of ether oxygens (including phenoxy) is 1. The monoisotopic (exact) mass is 389 g/mol. The second kappa shape index (κ2) is 12.5. The largest absolute Gasteiger partial charge is 0.462 e. The molecule has 3 heteroatoms. The molecule has 2 rings (SSSR count). The molecule has 0 aromatic heterocycles. The van der Waals surface area contributed by atoms with Gasteiger partial charge in [-0.05, 0) is 63.7 Å². The van der Waals surface area contributed by atoms with E-state index >= 15 is 0 Å². The first-order chi connectivity index (χ1) is 13.6. The smallest absolute Gasteiger partial charge is 0.309 e. The van der Waals surface area contributed by atoms with Gasteiger partial charge in [0.1, 0.15) is 6.10 Å². The van der Waals surface area contributed by atoms with E-state index in [9.17, 15) is 10.1 Å². The molecular weight excluding hydrogens is 346 g/mol. The summed E-state index contributed by atoms with van der Waals surface area (Å²) in [6.45, 7) is 4.46. The molecule has 2 aliphatic carbocycles. The number of hydrogen-bond donors (Lipinski definition) is 0. The molecule has 0 atom stereocenters. The summed E-state index contributed by atoms with van der Waals surface area (Å²) in [5, 5.41) is 9.67. The molecule has 3 nitrogen and oxygen atoms in total. The molecule has 0 radical (unpaired) electrons. The van der Waals surface area contributed by atoms with Gasteiger partial charge in [0, 0.05) is 0 Å². The van der Waals surface area contributed by atoms with Gasteiger partial charge in [0.2, 0.25) is 0 Å². The predicted molar refractivity (Wildman–Crippen MR) is 115 cm³/mol. The number of esters is 1. The molecule has 160 valence electrons. The van der Waals surface area contributed by atoms with Crippen molar-refractivity contribution in [3.05, 3.63) is 0 Å². The molecule has 0 aromatic carbocycles. The van der Waals surface area contributed by atoms with Crippen molar-refractivity contribution in [2.45, 2.75) is 129 Å². The Balaban J connectivity index is 1.66. The highest BCUT2D eigenvalue weighted by atomic mass is 16.5. The first-order valence-electron chi connectivity index (χ1n) is 12.2. The van der Waals surface area contributed by atoms with E-state index in [0.29, 0.717) is 0 Å². The first kappa shape index (κ1) is 23.2. The number of rotatable bonds is 11. The van der Waals surface area contributed by atoms with E-state index in [-0.39, 0.29) is 23.4 Å². The highest BCUT2D eigenvalue weighted by molar-refractivity contribution is 5.72. The number of hydrogen-bond acceptors (Lipinski definition) is 3. The van der Waals surface area contributed by atoms with Crippen LogP contribution >= 0.6 is 0 Å². The highest BCUT2D eigenvalue weighted by Crippen LogP contribution is 2.41. The van der Waals surface area contributed by atoms with E-state index in [2.05, 4.69) is 19.9 Å².